The number of anilines is 2. The van der Waals surface area contributed by atoms with Crippen LogP contribution >= 0.6 is 0 Å². The van der Waals surface area contributed by atoms with Gasteiger partial charge in [0, 0.05) is 32.3 Å². The van der Waals surface area contributed by atoms with E-state index in [1.165, 1.54) is 15.4 Å². The van der Waals surface area contributed by atoms with Gasteiger partial charge in [0.1, 0.15) is 12.4 Å². The number of aromatic nitrogens is 2. The van der Waals surface area contributed by atoms with Crippen molar-refractivity contribution in [2.45, 2.75) is 24.8 Å². The molecule has 2 amide bonds. The number of imidazole rings is 1. The van der Waals surface area contributed by atoms with Crippen LogP contribution in [-0.4, -0.2) is 60.5 Å². The number of ether oxygens (including phenoxy) is 1. The number of aryl methyl sites for hydroxylation is 2. The molecule has 3 heterocycles. The van der Waals surface area contributed by atoms with Crippen molar-refractivity contribution >= 4 is 33.4 Å². The quantitative estimate of drug-likeness (QED) is 0.747. The molecule has 0 saturated carbocycles. The number of piperidine rings is 1. The first-order valence-corrected chi connectivity index (χ1v) is 11.6. The minimum Gasteiger partial charge on any atom is -0.447 e. The highest BCUT2D eigenvalue weighted by Crippen LogP contribution is 2.30. The summed E-state index contributed by atoms with van der Waals surface area (Å²) < 4.78 is 33.7. The minimum atomic E-state index is -3.68. The lowest BCUT2D eigenvalue weighted by atomic mass is 9.97. The van der Waals surface area contributed by atoms with Crippen molar-refractivity contribution in [3.8, 4) is 0 Å². The van der Waals surface area contributed by atoms with Gasteiger partial charge in [-0.15, -0.1) is 0 Å². The Morgan fingerprint density at radius 3 is 2.52 bits per heavy atom. The van der Waals surface area contributed by atoms with Gasteiger partial charge in [0.15, 0.2) is 5.03 Å². The van der Waals surface area contributed by atoms with Crippen molar-refractivity contribution in [2.24, 2.45) is 13.0 Å². The van der Waals surface area contributed by atoms with Gasteiger partial charge in [-0.05, 0) is 31.9 Å². The van der Waals surface area contributed by atoms with Crippen molar-refractivity contribution in [3.05, 3.63) is 36.3 Å². The SMILES string of the molecule is Cc1nc(S(=O)(=O)N2CCC(C(=O)Nc3ccccc3N3CCOC3=O)CC2)cn1C. The highest BCUT2D eigenvalue weighted by atomic mass is 32.2. The summed E-state index contributed by atoms with van der Waals surface area (Å²) in [6.07, 6.45) is 1.88. The molecule has 0 unspecified atom stereocenters. The molecule has 2 aliphatic heterocycles. The summed E-state index contributed by atoms with van der Waals surface area (Å²) in [7, 11) is -1.94. The summed E-state index contributed by atoms with van der Waals surface area (Å²) in [6, 6.07) is 7.07. The summed E-state index contributed by atoms with van der Waals surface area (Å²) >= 11 is 0. The van der Waals surface area contributed by atoms with E-state index in [2.05, 4.69) is 10.3 Å². The van der Waals surface area contributed by atoms with Gasteiger partial charge in [-0.25, -0.2) is 18.2 Å². The van der Waals surface area contributed by atoms with E-state index in [1.54, 1.807) is 42.8 Å². The zero-order valence-electron chi connectivity index (χ0n) is 17.4. The molecule has 0 atom stereocenters. The maximum absolute atomic E-state index is 12.9. The van der Waals surface area contributed by atoms with E-state index in [9.17, 15) is 18.0 Å². The fraction of sp³-hybridized carbons (Fsp3) is 0.450. The Morgan fingerprint density at radius 1 is 1.19 bits per heavy atom. The van der Waals surface area contributed by atoms with E-state index >= 15 is 0 Å². The molecule has 0 aliphatic carbocycles. The van der Waals surface area contributed by atoms with Crippen LogP contribution in [0.5, 0.6) is 0 Å². The number of sulfonamides is 1. The molecule has 2 saturated heterocycles. The third kappa shape index (κ3) is 4.15. The average molecular weight is 448 g/mol. The summed E-state index contributed by atoms with van der Waals surface area (Å²) in [5.74, 6) is 0.106. The summed E-state index contributed by atoms with van der Waals surface area (Å²) in [5.41, 5.74) is 1.12. The molecule has 31 heavy (non-hydrogen) atoms. The van der Waals surface area contributed by atoms with Gasteiger partial charge in [-0.1, -0.05) is 12.1 Å². The smallest absolute Gasteiger partial charge is 0.414 e. The van der Waals surface area contributed by atoms with Crippen molar-refractivity contribution in [2.75, 3.05) is 36.5 Å². The number of cyclic esters (lactones) is 1. The number of nitrogens with zero attached hydrogens (tertiary/aromatic N) is 4. The van der Waals surface area contributed by atoms with Gasteiger partial charge in [0.25, 0.3) is 10.0 Å². The predicted molar refractivity (Wildman–Crippen MR) is 113 cm³/mol. The monoisotopic (exact) mass is 447 g/mol. The van der Waals surface area contributed by atoms with Crippen molar-refractivity contribution < 1.29 is 22.7 Å². The van der Waals surface area contributed by atoms with Gasteiger partial charge >= 0.3 is 6.09 Å². The van der Waals surface area contributed by atoms with Crippen LogP contribution in [0.3, 0.4) is 0 Å². The maximum atomic E-state index is 12.9. The van der Waals surface area contributed by atoms with Crippen LogP contribution < -0.4 is 10.2 Å². The normalized spacial score (nSPS) is 18.3. The third-order valence-corrected chi connectivity index (χ3v) is 7.50. The molecule has 0 radical (unpaired) electrons. The second kappa shape index (κ2) is 8.31. The largest absolute Gasteiger partial charge is 0.447 e. The second-order valence-electron chi connectivity index (χ2n) is 7.69. The number of para-hydroxylation sites is 2. The Bertz CT molecular complexity index is 1090. The van der Waals surface area contributed by atoms with E-state index in [0.717, 1.165) is 0 Å². The molecule has 166 valence electrons. The van der Waals surface area contributed by atoms with Crippen LogP contribution in [-0.2, 0) is 26.6 Å². The summed E-state index contributed by atoms with van der Waals surface area (Å²) in [5, 5.41) is 2.93. The first-order valence-electron chi connectivity index (χ1n) is 10.1. The predicted octanol–water partition coefficient (Wildman–Crippen LogP) is 1.72. The molecule has 2 fully saturated rings. The number of carbonyl (C=O) groups is 2. The molecule has 1 aromatic carbocycles. The van der Waals surface area contributed by atoms with E-state index in [0.29, 0.717) is 43.2 Å². The first kappa shape index (κ1) is 21.3. The Labute approximate surface area is 180 Å². The number of amides is 2. The van der Waals surface area contributed by atoms with Crippen molar-refractivity contribution in [1.29, 1.82) is 0 Å². The van der Waals surface area contributed by atoms with Crippen LogP contribution in [0.15, 0.2) is 35.5 Å². The van der Waals surface area contributed by atoms with E-state index in [-0.39, 0.29) is 29.9 Å². The van der Waals surface area contributed by atoms with Crippen LogP contribution in [0, 0.1) is 12.8 Å². The lowest BCUT2D eigenvalue weighted by Gasteiger charge is -2.30. The lowest BCUT2D eigenvalue weighted by Crippen LogP contribution is -2.41. The highest BCUT2D eigenvalue weighted by Gasteiger charge is 2.34. The number of hydrogen-bond donors (Lipinski definition) is 1. The lowest BCUT2D eigenvalue weighted by molar-refractivity contribution is -0.120. The molecule has 4 rings (SSSR count). The Hall–Kier alpha value is -2.92. The Kier molecular flexibility index (Phi) is 5.71. The Balaban J connectivity index is 1.41. The number of carbonyl (C=O) groups excluding carboxylic acids is 2. The average Bonchev–Trinajstić information content (AvgIpc) is 3.34. The molecule has 11 heteroatoms. The standard InChI is InChI=1S/C20H25N5O5S/c1-14-21-18(13-23(14)2)31(28,29)24-9-7-15(8-10-24)19(26)22-16-5-3-4-6-17(16)25-11-12-30-20(25)27/h3-6,13,15H,7-12H2,1-2H3,(H,22,26). The molecular formula is C20H25N5O5S. The molecule has 0 spiro atoms. The molecular weight excluding hydrogens is 422 g/mol. The van der Waals surface area contributed by atoms with Gasteiger partial charge in [0.2, 0.25) is 5.91 Å². The number of hydrogen-bond acceptors (Lipinski definition) is 6. The van der Waals surface area contributed by atoms with E-state index in [1.807, 2.05) is 0 Å². The zero-order valence-corrected chi connectivity index (χ0v) is 18.3. The minimum absolute atomic E-state index is 0.0295. The number of nitrogens with one attached hydrogen (secondary N) is 1. The van der Waals surface area contributed by atoms with Crippen LogP contribution in [0.25, 0.3) is 0 Å². The zero-order chi connectivity index (χ0) is 22.2. The fourth-order valence-electron chi connectivity index (χ4n) is 3.80. The van der Waals surface area contributed by atoms with E-state index in [4.69, 9.17) is 4.74 Å². The molecule has 10 nitrogen and oxygen atoms in total. The molecule has 0 bridgehead atoms. The summed E-state index contributed by atoms with van der Waals surface area (Å²) in [6.45, 7) is 2.97. The molecule has 1 aromatic heterocycles. The third-order valence-electron chi connectivity index (χ3n) is 5.73. The van der Waals surface area contributed by atoms with Crippen LogP contribution in [0.2, 0.25) is 0 Å². The van der Waals surface area contributed by atoms with Crippen molar-refractivity contribution in [3.63, 3.8) is 0 Å². The number of rotatable bonds is 5. The van der Waals surface area contributed by atoms with Gasteiger partial charge in [0.05, 0.1) is 17.9 Å². The summed E-state index contributed by atoms with van der Waals surface area (Å²) in [4.78, 5) is 30.4. The maximum Gasteiger partial charge on any atom is 0.414 e. The fourth-order valence-corrected chi connectivity index (χ4v) is 5.30. The van der Waals surface area contributed by atoms with Crippen LogP contribution in [0.1, 0.15) is 18.7 Å². The Morgan fingerprint density at radius 2 is 1.90 bits per heavy atom. The highest BCUT2D eigenvalue weighted by molar-refractivity contribution is 7.89. The van der Waals surface area contributed by atoms with Gasteiger partial charge in [-0.3, -0.25) is 9.69 Å². The number of benzene rings is 1. The topological polar surface area (TPSA) is 114 Å². The molecule has 2 aliphatic rings. The van der Waals surface area contributed by atoms with Gasteiger partial charge in [-0.2, -0.15) is 4.31 Å². The second-order valence-corrected chi connectivity index (χ2v) is 9.57. The van der Waals surface area contributed by atoms with Crippen LogP contribution in [0.4, 0.5) is 16.2 Å². The van der Waals surface area contributed by atoms with Crippen molar-refractivity contribution in [1.82, 2.24) is 13.9 Å². The van der Waals surface area contributed by atoms with Gasteiger partial charge < -0.3 is 14.6 Å². The van der Waals surface area contributed by atoms with E-state index < -0.39 is 16.1 Å². The molecule has 1 N–H and O–H groups in total. The molecule has 2 aromatic rings. The first-order chi connectivity index (χ1) is 14.8.